The zero-order valence-corrected chi connectivity index (χ0v) is 11.6. The van der Waals surface area contributed by atoms with E-state index in [1.165, 1.54) is 24.2 Å². The second kappa shape index (κ2) is 5.74. The maximum absolute atomic E-state index is 5.46. The van der Waals surface area contributed by atoms with Crippen LogP contribution in [0.1, 0.15) is 32.0 Å². The van der Waals surface area contributed by atoms with Gasteiger partial charge in [0.1, 0.15) is 5.82 Å². The smallest absolute Gasteiger partial charge is 0.109 e. The number of hydrogen-bond acceptors (Lipinski definition) is 2. The van der Waals surface area contributed by atoms with Crippen molar-refractivity contribution < 1.29 is 4.74 Å². The van der Waals surface area contributed by atoms with E-state index in [9.17, 15) is 0 Å². The molecular weight excluding hydrogens is 236 g/mol. The SMILES string of the molecule is CCCc1nc2ccccc2n1CC1CCOCC1. The lowest BCUT2D eigenvalue weighted by Crippen LogP contribution is -2.21. The Morgan fingerprint density at radius 1 is 1.26 bits per heavy atom. The minimum Gasteiger partial charge on any atom is -0.381 e. The van der Waals surface area contributed by atoms with Gasteiger partial charge in [0, 0.05) is 26.2 Å². The van der Waals surface area contributed by atoms with Crippen molar-refractivity contribution in [3.8, 4) is 0 Å². The lowest BCUT2D eigenvalue weighted by atomic mass is 10.00. The number of rotatable bonds is 4. The largest absolute Gasteiger partial charge is 0.381 e. The Hall–Kier alpha value is -1.35. The average molecular weight is 258 g/mol. The van der Waals surface area contributed by atoms with Crippen molar-refractivity contribution in [2.75, 3.05) is 13.2 Å². The van der Waals surface area contributed by atoms with Crippen LogP contribution in [0.3, 0.4) is 0 Å². The average Bonchev–Trinajstić information content (AvgIpc) is 2.79. The van der Waals surface area contributed by atoms with Crippen LogP contribution >= 0.6 is 0 Å². The molecular formula is C16H22N2O. The predicted molar refractivity (Wildman–Crippen MR) is 77.3 cm³/mol. The van der Waals surface area contributed by atoms with Crippen LogP contribution in [0, 0.1) is 5.92 Å². The second-order valence-electron chi connectivity index (χ2n) is 5.43. The molecule has 0 N–H and O–H groups in total. The molecule has 2 heterocycles. The van der Waals surface area contributed by atoms with Gasteiger partial charge in [0.2, 0.25) is 0 Å². The fourth-order valence-electron chi connectivity index (χ4n) is 2.93. The molecule has 0 unspecified atom stereocenters. The normalized spacial score (nSPS) is 17.1. The minimum atomic E-state index is 0.738. The van der Waals surface area contributed by atoms with E-state index < -0.39 is 0 Å². The molecule has 3 nitrogen and oxygen atoms in total. The third kappa shape index (κ3) is 2.66. The molecule has 0 atom stereocenters. The molecule has 3 rings (SSSR count). The second-order valence-corrected chi connectivity index (χ2v) is 5.43. The molecule has 2 aromatic rings. The first kappa shape index (κ1) is 12.7. The number of aromatic nitrogens is 2. The molecule has 1 saturated heterocycles. The minimum absolute atomic E-state index is 0.738. The molecule has 1 aliphatic rings. The Morgan fingerprint density at radius 3 is 2.84 bits per heavy atom. The summed E-state index contributed by atoms with van der Waals surface area (Å²) in [6, 6.07) is 8.50. The third-order valence-electron chi connectivity index (χ3n) is 3.99. The van der Waals surface area contributed by atoms with Gasteiger partial charge in [-0.1, -0.05) is 19.1 Å². The molecule has 0 aliphatic carbocycles. The summed E-state index contributed by atoms with van der Waals surface area (Å²) in [4.78, 5) is 4.80. The highest BCUT2D eigenvalue weighted by atomic mass is 16.5. The summed E-state index contributed by atoms with van der Waals surface area (Å²) in [5.41, 5.74) is 2.43. The van der Waals surface area contributed by atoms with Crippen LogP contribution in [0.15, 0.2) is 24.3 Å². The first-order chi connectivity index (χ1) is 9.38. The molecule has 1 aromatic heterocycles. The van der Waals surface area contributed by atoms with E-state index in [1.807, 2.05) is 0 Å². The maximum atomic E-state index is 5.46. The van der Waals surface area contributed by atoms with Gasteiger partial charge in [-0.3, -0.25) is 0 Å². The molecule has 0 radical (unpaired) electrons. The Morgan fingerprint density at radius 2 is 2.05 bits per heavy atom. The fourth-order valence-corrected chi connectivity index (χ4v) is 2.93. The summed E-state index contributed by atoms with van der Waals surface area (Å²) in [5.74, 6) is 1.98. The number of aryl methyl sites for hydroxylation is 1. The zero-order chi connectivity index (χ0) is 13.1. The topological polar surface area (TPSA) is 27.1 Å². The van der Waals surface area contributed by atoms with Crippen molar-refractivity contribution in [1.29, 1.82) is 0 Å². The molecule has 19 heavy (non-hydrogen) atoms. The van der Waals surface area contributed by atoms with Crippen LogP contribution in [0.25, 0.3) is 11.0 Å². The van der Waals surface area contributed by atoms with Crippen molar-refractivity contribution in [3.05, 3.63) is 30.1 Å². The molecule has 1 aliphatic heterocycles. The Kier molecular flexibility index (Phi) is 3.83. The summed E-state index contributed by atoms with van der Waals surface area (Å²) >= 11 is 0. The first-order valence-electron chi connectivity index (χ1n) is 7.40. The lowest BCUT2D eigenvalue weighted by Gasteiger charge is -2.23. The standard InChI is InChI=1S/C16H22N2O/c1-2-5-16-17-14-6-3-4-7-15(14)18(16)12-13-8-10-19-11-9-13/h3-4,6-7,13H,2,5,8-12H2,1H3. The maximum Gasteiger partial charge on any atom is 0.109 e. The number of benzene rings is 1. The van der Waals surface area contributed by atoms with E-state index in [1.54, 1.807) is 0 Å². The van der Waals surface area contributed by atoms with Crippen LogP contribution in [0.5, 0.6) is 0 Å². The van der Waals surface area contributed by atoms with Crippen molar-refractivity contribution >= 4 is 11.0 Å². The van der Waals surface area contributed by atoms with Gasteiger partial charge in [0.05, 0.1) is 11.0 Å². The number of ether oxygens (including phenoxy) is 1. The van der Waals surface area contributed by atoms with E-state index in [-0.39, 0.29) is 0 Å². The van der Waals surface area contributed by atoms with Gasteiger partial charge in [-0.25, -0.2) is 4.98 Å². The molecule has 102 valence electrons. The van der Waals surface area contributed by atoms with Crippen molar-refractivity contribution in [1.82, 2.24) is 9.55 Å². The van der Waals surface area contributed by atoms with Crippen LogP contribution in [-0.2, 0) is 17.7 Å². The highest BCUT2D eigenvalue weighted by Crippen LogP contribution is 2.23. The quantitative estimate of drug-likeness (QED) is 0.840. The van der Waals surface area contributed by atoms with Gasteiger partial charge in [0.15, 0.2) is 0 Å². The summed E-state index contributed by atoms with van der Waals surface area (Å²) in [6.45, 7) is 5.15. The Labute approximate surface area is 114 Å². The van der Waals surface area contributed by atoms with Gasteiger partial charge in [0.25, 0.3) is 0 Å². The van der Waals surface area contributed by atoms with Crippen LogP contribution < -0.4 is 0 Å². The molecule has 1 aromatic carbocycles. The third-order valence-corrected chi connectivity index (χ3v) is 3.99. The van der Waals surface area contributed by atoms with Gasteiger partial charge in [-0.05, 0) is 37.3 Å². The van der Waals surface area contributed by atoms with Crippen LogP contribution in [-0.4, -0.2) is 22.8 Å². The number of fused-ring (bicyclic) bond motifs is 1. The molecule has 3 heteroatoms. The first-order valence-corrected chi connectivity index (χ1v) is 7.40. The Bertz CT molecular complexity index is 541. The van der Waals surface area contributed by atoms with Gasteiger partial charge < -0.3 is 9.30 Å². The zero-order valence-electron chi connectivity index (χ0n) is 11.6. The fraction of sp³-hybridized carbons (Fsp3) is 0.562. The molecule has 0 bridgehead atoms. The van der Waals surface area contributed by atoms with Crippen molar-refractivity contribution in [2.24, 2.45) is 5.92 Å². The molecule has 0 saturated carbocycles. The van der Waals surface area contributed by atoms with Crippen molar-refractivity contribution in [2.45, 2.75) is 39.2 Å². The van der Waals surface area contributed by atoms with Gasteiger partial charge in [-0.15, -0.1) is 0 Å². The monoisotopic (exact) mass is 258 g/mol. The number of para-hydroxylation sites is 2. The van der Waals surface area contributed by atoms with Gasteiger partial charge in [-0.2, -0.15) is 0 Å². The van der Waals surface area contributed by atoms with Crippen LogP contribution in [0.4, 0.5) is 0 Å². The predicted octanol–water partition coefficient (Wildman–Crippen LogP) is 3.42. The summed E-state index contributed by atoms with van der Waals surface area (Å²) in [6.07, 6.45) is 4.57. The van der Waals surface area contributed by atoms with E-state index >= 15 is 0 Å². The number of imidazole rings is 1. The molecule has 0 spiro atoms. The van der Waals surface area contributed by atoms with Crippen molar-refractivity contribution in [3.63, 3.8) is 0 Å². The number of hydrogen-bond donors (Lipinski definition) is 0. The Balaban J connectivity index is 1.92. The van der Waals surface area contributed by atoms with Gasteiger partial charge >= 0.3 is 0 Å². The summed E-state index contributed by atoms with van der Waals surface area (Å²) in [7, 11) is 0. The summed E-state index contributed by atoms with van der Waals surface area (Å²) < 4.78 is 7.90. The van der Waals surface area contributed by atoms with E-state index in [4.69, 9.17) is 9.72 Å². The lowest BCUT2D eigenvalue weighted by molar-refractivity contribution is 0.0613. The van der Waals surface area contributed by atoms with E-state index in [2.05, 4.69) is 35.8 Å². The molecule has 0 amide bonds. The highest BCUT2D eigenvalue weighted by molar-refractivity contribution is 5.75. The number of nitrogens with zero attached hydrogens (tertiary/aromatic N) is 2. The highest BCUT2D eigenvalue weighted by Gasteiger charge is 2.17. The van der Waals surface area contributed by atoms with E-state index in [0.29, 0.717) is 0 Å². The van der Waals surface area contributed by atoms with Crippen LogP contribution in [0.2, 0.25) is 0 Å². The molecule has 1 fully saturated rings. The summed E-state index contributed by atoms with van der Waals surface area (Å²) in [5, 5.41) is 0. The van der Waals surface area contributed by atoms with E-state index in [0.717, 1.165) is 44.0 Å².